The van der Waals surface area contributed by atoms with Crippen LogP contribution >= 0.6 is 22.9 Å². The minimum Gasteiger partial charge on any atom is -0.497 e. The van der Waals surface area contributed by atoms with Gasteiger partial charge in [-0.25, -0.2) is 0 Å². The molecule has 0 saturated carbocycles. The highest BCUT2D eigenvalue weighted by Crippen LogP contribution is 2.24. The fourth-order valence-corrected chi connectivity index (χ4v) is 2.96. The van der Waals surface area contributed by atoms with Gasteiger partial charge in [-0.1, -0.05) is 16.7 Å². The van der Waals surface area contributed by atoms with Crippen LogP contribution < -0.4 is 10.1 Å². The van der Waals surface area contributed by atoms with E-state index in [1.165, 1.54) is 11.3 Å². The van der Waals surface area contributed by atoms with Crippen molar-refractivity contribution in [2.24, 2.45) is 0 Å². The molecule has 0 spiro atoms. The lowest BCUT2D eigenvalue weighted by Gasteiger charge is -2.02. The van der Waals surface area contributed by atoms with E-state index in [2.05, 4.69) is 15.5 Å². The second-order valence-electron chi connectivity index (χ2n) is 4.57. The first kappa shape index (κ1) is 15.5. The van der Waals surface area contributed by atoms with E-state index in [-0.39, 0.29) is 11.9 Å². The van der Waals surface area contributed by atoms with E-state index in [4.69, 9.17) is 20.8 Å². The van der Waals surface area contributed by atoms with Crippen molar-refractivity contribution in [3.8, 4) is 5.75 Å². The lowest BCUT2D eigenvalue weighted by atomic mass is 10.2. The maximum absolute atomic E-state index is 12.1. The third-order valence-corrected chi connectivity index (χ3v) is 4.22. The highest BCUT2D eigenvalue weighted by atomic mass is 35.5. The van der Waals surface area contributed by atoms with Crippen molar-refractivity contribution in [2.45, 2.75) is 6.42 Å². The van der Waals surface area contributed by atoms with Gasteiger partial charge in [-0.3, -0.25) is 10.1 Å². The highest BCUT2D eigenvalue weighted by Gasteiger charge is 2.12. The van der Waals surface area contributed by atoms with Gasteiger partial charge < -0.3 is 9.15 Å². The Morgan fingerprint density at radius 3 is 2.70 bits per heavy atom. The molecule has 0 bridgehead atoms. The topological polar surface area (TPSA) is 77.2 Å². The summed E-state index contributed by atoms with van der Waals surface area (Å²) in [5.41, 5.74) is 0.468. The molecule has 0 aliphatic rings. The summed E-state index contributed by atoms with van der Waals surface area (Å²) in [6.45, 7) is 0. The van der Waals surface area contributed by atoms with E-state index in [0.717, 1.165) is 4.88 Å². The fourth-order valence-electron chi connectivity index (χ4n) is 1.88. The predicted molar refractivity (Wildman–Crippen MR) is 87.4 cm³/mol. The van der Waals surface area contributed by atoms with Gasteiger partial charge in [0.1, 0.15) is 5.75 Å². The van der Waals surface area contributed by atoms with Crippen LogP contribution in [0.3, 0.4) is 0 Å². The monoisotopic (exact) mass is 349 g/mol. The van der Waals surface area contributed by atoms with Gasteiger partial charge in [0.25, 0.3) is 5.91 Å². The summed E-state index contributed by atoms with van der Waals surface area (Å²) in [5, 5.41) is 10.3. The normalized spacial score (nSPS) is 10.5. The van der Waals surface area contributed by atoms with Gasteiger partial charge in [-0.15, -0.1) is 16.4 Å². The van der Waals surface area contributed by atoms with Gasteiger partial charge in [-0.2, -0.15) is 0 Å². The minimum atomic E-state index is -0.331. The molecule has 0 atom stereocenters. The van der Waals surface area contributed by atoms with Crippen LogP contribution in [0, 0.1) is 0 Å². The number of hydrogen-bond donors (Lipinski definition) is 1. The number of benzene rings is 1. The summed E-state index contributed by atoms with van der Waals surface area (Å²) < 4.78 is 11.2. The molecule has 6 nitrogen and oxygen atoms in total. The molecule has 2 heterocycles. The number of amides is 1. The molecule has 1 N–H and O–H groups in total. The summed E-state index contributed by atoms with van der Waals surface area (Å²) in [4.78, 5) is 13.1. The molecule has 0 aliphatic carbocycles. The number of ether oxygens (including phenoxy) is 1. The van der Waals surface area contributed by atoms with E-state index in [1.54, 1.807) is 31.4 Å². The third kappa shape index (κ3) is 3.88. The van der Waals surface area contributed by atoms with Crippen LogP contribution in [0.1, 0.15) is 21.1 Å². The summed E-state index contributed by atoms with van der Waals surface area (Å²) in [7, 11) is 1.57. The molecule has 8 heteroatoms. The van der Waals surface area contributed by atoms with Crippen molar-refractivity contribution in [2.75, 3.05) is 12.4 Å². The standard InChI is InChI=1S/C15H12ClN3O3S/c1-21-10-4-2-9(3-5-10)14(20)17-15-19-18-13(22-15)8-11-6-7-12(16)23-11/h2-7H,8H2,1H3,(H,17,19,20). The van der Waals surface area contributed by atoms with Gasteiger partial charge in [0.15, 0.2) is 0 Å². The number of methoxy groups -OCH3 is 1. The van der Waals surface area contributed by atoms with Crippen molar-refractivity contribution < 1.29 is 13.9 Å². The Balaban J connectivity index is 1.64. The van der Waals surface area contributed by atoms with Crippen LogP contribution in [0.15, 0.2) is 40.8 Å². The van der Waals surface area contributed by atoms with Gasteiger partial charge in [0.2, 0.25) is 5.89 Å². The molecule has 0 radical (unpaired) electrons. The van der Waals surface area contributed by atoms with Crippen LogP contribution in [-0.2, 0) is 6.42 Å². The molecule has 3 aromatic rings. The molecule has 0 aliphatic heterocycles. The molecular weight excluding hydrogens is 338 g/mol. The molecule has 1 aromatic carbocycles. The van der Waals surface area contributed by atoms with E-state index in [9.17, 15) is 4.79 Å². The molecular formula is C15H12ClN3O3S. The van der Waals surface area contributed by atoms with E-state index < -0.39 is 0 Å². The maximum atomic E-state index is 12.1. The Hall–Kier alpha value is -2.38. The molecule has 0 unspecified atom stereocenters. The zero-order valence-electron chi connectivity index (χ0n) is 12.1. The first-order chi connectivity index (χ1) is 11.1. The van der Waals surface area contributed by atoms with Crippen LogP contribution in [0.4, 0.5) is 6.01 Å². The average Bonchev–Trinajstić information content (AvgIpc) is 3.17. The highest BCUT2D eigenvalue weighted by molar-refractivity contribution is 7.16. The second-order valence-corrected chi connectivity index (χ2v) is 6.37. The number of carbonyl (C=O) groups excluding carboxylic acids is 1. The quantitative estimate of drug-likeness (QED) is 0.761. The molecule has 23 heavy (non-hydrogen) atoms. The van der Waals surface area contributed by atoms with E-state index in [1.807, 2.05) is 12.1 Å². The van der Waals surface area contributed by atoms with Gasteiger partial charge >= 0.3 is 6.01 Å². The van der Waals surface area contributed by atoms with E-state index >= 15 is 0 Å². The van der Waals surface area contributed by atoms with Crippen molar-refractivity contribution in [3.05, 3.63) is 57.1 Å². The zero-order chi connectivity index (χ0) is 16.2. The maximum Gasteiger partial charge on any atom is 0.322 e. The number of rotatable bonds is 5. The third-order valence-electron chi connectivity index (χ3n) is 2.99. The summed E-state index contributed by atoms with van der Waals surface area (Å²) in [6.07, 6.45) is 0.475. The van der Waals surface area contributed by atoms with Gasteiger partial charge in [-0.05, 0) is 36.4 Å². The van der Waals surface area contributed by atoms with Gasteiger partial charge in [0, 0.05) is 10.4 Å². The Morgan fingerprint density at radius 1 is 1.26 bits per heavy atom. The molecule has 2 aromatic heterocycles. The number of nitrogens with one attached hydrogen (secondary N) is 1. The summed E-state index contributed by atoms with van der Waals surface area (Å²) in [5.74, 6) is 0.756. The van der Waals surface area contributed by atoms with Crippen molar-refractivity contribution >= 4 is 34.9 Å². The Labute approximate surface area is 141 Å². The number of nitrogens with zero attached hydrogens (tertiary/aromatic N) is 2. The minimum absolute atomic E-state index is 0.0588. The Morgan fingerprint density at radius 2 is 2.04 bits per heavy atom. The van der Waals surface area contributed by atoms with Gasteiger partial charge in [0.05, 0.1) is 17.9 Å². The molecule has 0 fully saturated rings. The lowest BCUT2D eigenvalue weighted by molar-refractivity contribution is 0.102. The number of anilines is 1. The number of aromatic nitrogens is 2. The van der Waals surface area contributed by atoms with Crippen LogP contribution in [0.25, 0.3) is 0 Å². The van der Waals surface area contributed by atoms with Crippen LogP contribution in [0.2, 0.25) is 4.34 Å². The summed E-state index contributed by atoms with van der Waals surface area (Å²) in [6, 6.07) is 10.5. The van der Waals surface area contributed by atoms with Crippen LogP contribution in [-0.4, -0.2) is 23.2 Å². The SMILES string of the molecule is COc1ccc(C(=O)Nc2nnc(Cc3ccc(Cl)s3)o2)cc1. The van der Waals surface area contributed by atoms with Crippen LogP contribution in [0.5, 0.6) is 5.75 Å². The number of carbonyl (C=O) groups is 1. The lowest BCUT2D eigenvalue weighted by Crippen LogP contribution is -2.11. The number of halogens is 1. The largest absolute Gasteiger partial charge is 0.497 e. The number of hydrogen-bond acceptors (Lipinski definition) is 6. The van der Waals surface area contributed by atoms with E-state index in [0.29, 0.717) is 28.0 Å². The first-order valence-electron chi connectivity index (χ1n) is 6.66. The molecule has 0 saturated heterocycles. The van der Waals surface area contributed by atoms with Crippen molar-refractivity contribution in [3.63, 3.8) is 0 Å². The fraction of sp³-hybridized carbons (Fsp3) is 0.133. The molecule has 118 valence electrons. The molecule has 1 amide bonds. The first-order valence-corrected chi connectivity index (χ1v) is 7.85. The zero-order valence-corrected chi connectivity index (χ0v) is 13.6. The Bertz CT molecular complexity index is 813. The smallest absolute Gasteiger partial charge is 0.322 e. The second kappa shape index (κ2) is 6.80. The Kier molecular flexibility index (Phi) is 4.59. The summed E-state index contributed by atoms with van der Waals surface area (Å²) >= 11 is 7.32. The average molecular weight is 350 g/mol. The molecule has 3 rings (SSSR count). The van der Waals surface area contributed by atoms with Crippen molar-refractivity contribution in [1.82, 2.24) is 10.2 Å². The van der Waals surface area contributed by atoms with Crippen molar-refractivity contribution in [1.29, 1.82) is 0 Å². The number of thiophene rings is 1. The predicted octanol–water partition coefficient (Wildman–Crippen LogP) is 3.64.